The van der Waals surface area contributed by atoms with Gasteiger partial charge in [-0.2, -0.15) is 4.80 Å². The van der Waals surface area contributed by atoms with E-state index in [1.54, 1.807) is 18.2 Å². The van der Waals surface area contributed by atoms with Crippen LogP contribution in [0.2, 0.25) is 0 Å². The molecule has 23 heavy (non-hydrogen) atoms. The van der Waals surface area contributed by atoms with Gasteiger partial charge >= 0.3 is 5.69 Å². The fourth-order valence-corrected chi connectivity index (χ4v) is 2.01. The van der Waals surface area contributed by atoms with E-state index in [1.165, 1.54) is 10.9 Å². The van der Waals surface area contributed by atoms with Gasteiger partial charge < -0.3 is 4.74 Å². The molecule has 0 radical (unpaired) electrons. The number of nitro benzene ring substituents is 1. The number of nitrogens with zero attached hydrogens (tertiary/aromatic N) is 5. The SMILES string of the molecule is O=[N+]([O-])c1ccccc1OCCn1nnc(-c2ccccc2)n1. The third kappa shape index (κ3) is 3.49. The summed E-state index contributed by atoms with van der Waals surface area (Å²) in [5.41, 5.74) is 0.808. The number of tetrazole rings is 1. The molecule has 1 aromatic heterocycles. The van der Waals surface area contributed by atoms with Gasteiger partial charge in [-0.3, -0.25) is 10.1 Å². The first-order valence-corrected chi connectivity index (χ1v) is 6.93. The molecule has 0 fully saturated rings. The Kier molecular flexibility index (Phi) is 4.23. The van der Waals surface area contributed by atoms with Gasteiger partial charge in [-0.25, -0.2) is 0 Å². The molecule has 3 rings (SSSR count). The molecule has 0 bridgehead atoms. The maximum absolute atomic E-state index is 10.9. The monoisotopic (exact) mass is 311 g/mol. The van der Waals surface area contributed by atoms with Crippen LogP contribution < -0.4 is 4.74 Å². The van der Waals surface area contributed by atoms with Crippen molar-refractivity contribution < 1.29 is 9.66 Å². The molecule has 0 aliphatic heterocycles. The summed E-state index contributed by atoms with van der Waals surface area (Å²) in [6.45, 7) is 0.543. The van der Waals surface area contributed by atoms with Crippen molar-refractivity contribution in [3.05, 3.63) is 64.7 Å². The van der Waals surface area contributed by atoms with Gasteiger partial charge in [0.1, 0.15) is 6.61 Å². The molecule has 0 aliphatic rings. The third-order valence-corrected chi connectivity index (χ3v) is 3.10. The van der Waals surface area contributed by atoms with Crippen LogP contribution in [-0.2, 0) is 6.54 Å². The van der Waals surface area contributed by atoms with Crippen LogP contribution in [0, 0.1) is 10.1 Å². The summed E-state index contributed by atoms with van der Waals surface area (Å²) in [6, 6.07) is 15.7. The quantitative estimate of drug-likeness (QED) is 0.512. The van der Waals surface area contributed by atoms with Crippen molar-refractivity contribution in [3.63, 3.8) is 0 Å². The Labute approximate surface area is 131 Å². The molecule has 0 saturated carbocycles. The summed E-state index contributed by atoms with van der Waals surface area (Å²) in [5.74, 6) is 0.747. The summed E-state index contributed by atoms with van der Waals surface area (Å²) in [7, 11) is 0. The highest BCUT2D eigenvalue weighted by atomic mass is 16.6. The Balaban J connectivity index is 1.62. The topological polar surface area (TPSA) is 96.0 Å². The normalized spacial score (nSPS) is 10.4. The highest BCUT2D eigenvalue weighted by molar-refractivity contribution is 5.52. The van der Waals surface area contributed by atoms with Crippen LogP contribution in [0.1, 0.15) is 0 Å². The molecule has 3 aromatic rings. The van der Waals surface area contributed by atoms with Crippen molar-refractivity contribution in [2.24, 2.45) is 0 Å². The van der Waals surface area contributed by atoms with Gasteiger partial charge in [0.2, 0.25) is 5.82 Å². The second-order valence-electron chi connectivity index (χ2n) is 4.65. The Bertz CT molecular complexity index is 804. The number of hydrogen-bond acceptors (Lipinski definition) is 6. The molecular weight excluding hydrogens is 298 g/mol. The number of hydrogen-bond donors (Lipinski definition) is 0. The van der Waals surface area contributed by atoms with Gasteiger partial charge in [-0.05, 0) is 11.3 Å². The lowest BCUT2D eigenvalue weighted by molar-refractivity contribution is -0.385. The van der Waals surface area contributed by atoms with E-state index in [9.17, 15) is 10.1 Å². The Morgan fingerprint density at radius 2 is 1.83 bits per heavy atom. The fourth-order valence-electron chi connectivity index (χ4n) is 2.01. The van der Waals surface area contributed by atoms with Crippen LogP contribution in [-0.4, -0.2) is 31.7 Å². The van der Waals surface area contributed by atoms with Crippen LogP contribution in [0.3, 0.4) is 0 Å². The van der Waals surface area contributed by atoms with E-state index < -0.39 is 4.92 Å². The minimum absolute atomic E-state index is 0.0657. The van der Waals surface area contributed by atoms with Crippen LogP contribution in [0.25, 0.3) is 11.4 Å². The van der Waals surface area contributed by atoms with Gasteiger partial charge in [0.05, 0.1) is 11.5 Å². The van der Waals surface area contributed by atoms with Crippen LogP contribution in [0.5, 0.6) is 5.75 Å². The molecule has 0 saturated heterocycles. The average molecular weight is 311 g/mol. The predicted molar refractivity (Wildman–Crippen MR) is 81.8 cm³/mol. The molecule has 1 heterocycles. The van der Waals surface area contributed by atoms with Gasteiger partial charge in [-0.1, -0.05) is 42.5 Å². The maximum Gasteiger partial charge on any atom is 0.310 e. The van der Waals surface area contributed by atoms with Gasteiger partial charge in [0.15, 0.2) is 5.75 Å². The van der Waals surface area contributed by atoms with Gasteiger partial charge in [-0.15, -0.1) is 10.2 Å². The average Bonchev–Trinajstić information content (AvgIpc) is 3.05. The van der Waals surface area contributed by atoms with Crippen LogP contribution in [0.4, 0.5) is 5.69 Å². The molecule has 0 N–H and O–H groups in total. The maximum atomic E-state index is 10.9. The first-order valence-electron chi connectivity index (χ1n) is 6.93. The molecular formula is C15H13N5O3. The zero-order valence-corrected chi connectivity index (χ0v) is 12.1. The van der Waals surface area contributed by atoms with Crippen molar-refractivity contribution in [3.8, 4) is 17.1 Å². The second kappa shape index (κ2) is 6.65. The van der Waals surface area contributed by atoms with E-state index in [0.29, 0.717) is 12.4 Å². The minimum Gasteiger partial charge on any atom is -0.485 e. The fraction of sp³-hybridized carbons (Fsp3) is 0.133. The van der Waals surface area contributed by atoms with Crippen LogP contribution >= 0.6 is 0 Å². The first-order chi connectivity index (χ1) is 11.2. The first kappa shape index (κ1) is 14.6. The number of benzene rings is 2. The number of nitro groups is 1. The molecule has 8 nitrogen and oxygen atoms in total. The van der Waals surface area contributed by atoms with Crippen molar-refractivity contribution in [1.29, 1.82) is 0 Å². The van der Waals surface area contributed by atoms with E-state index in [-0.39, 0.29) is 18.0 Å². The standard InChI is InChI=1S/C15H13N5O3/c21-20(22)13-8-4-5-9-14(13)23-11-10-19-17-15(16-18-19)12-6-2-1-3-7-12/h1-9H,10-11H2. The van der Waals surface area contributed by atoms with Crippen molar-refractivity contribution in [2.45, 2.75) is 6.54 Å². The predicted octanol–water partition coefficient (Wildman–Crippen LogP) is 2.33. The van der Waals surface area contributed by atoms with E-state index in [4.69, 9.17) is 4.74 Å². The van der Waals surface area contributed by atoms with Crippen molar-refractivity contribution >= 4 is 5.69 Å². The summed E-state index contributed by atoms with van der Waals surface area (Å²) in [6.07, 6.45) is 0. The third-order valence-electron chi connectivity index (χ3n) is 3.10. The van der Waals surface area contributed by atoms with E-state index in [0.717, 1.165) is 5.56 Å². The van der Waals surface area contributed by atoms with Gasteiger partial charge in [0, 0.05) is 11.6 Å². The lowest BCUT2D eigenvalue weighted by Gasteiger charge is -2.05. The number of para-hydroxylation sites is 2. The lowest BCUT2D eigenvalue weighted by atomic mass is 10.2. The number of aromatic nitrogens is 4. The number of rotatable bonds is 6. The van der Waals surface area contributed by atoms with E-state index in [2.05, 4.69) is 15.4 Å². The van der Waals surface area contributed by atoms with E-state index in [1.807, 2.05) is 30.3 Å². The van der Waals surface area contributed by atoms with Crippen molar-refractivity contribution in [2.75, 3.05) is 6.61 Å². The smallest absolute Gasteiger partial charge is 0.310 e. The van der Waals surface area contributed by atoms with Crippen molar-refractivity contribution in [1.82, 2.24) is 20.2 Å². The summed E-state index contributed by atoms with van der Waals surface area (Å²) in [5, 5.41) is 23.1. The molecule has 116 valence electrons. The second-order valence-corrected chi connectivity index (χ2v) is 4.65. The molecule has 0 unspecified atom stereocenters. The molecule has 0 aliphatic carbocycles. The van der Waals surface area contributed by atoms with E-state index >= 15 is 0 Å². The lowest BCUT2D eigenvalue weighted by Crippen LogP contribution is -2.11. The highest BCUT2D eigenvalue weighted by Gasteiger charge is 2.13. The summed E-state index contributed by atoms with van der Waals surface area (Å²) in [4.78, 5) is 11.8. The van der Waals surface area contributed by atoms with Crippen LogP contribution in [0.15, 0.2) is 54.6 Å². The molecule has 8 heteroatoms. The Morgan fingerprint density at radius 1 is 1.09 bits per heavy atom. The number of ether oxygens (including phenoxy) is 1. The minimum atomic E-state index is -0.476. The molecule has 0 spiro atoms. The Morgan fingerprint density at radius 3 is 2.61 bits per heavy atom. The summed E-state index contributed by atoms with van der Waals surface area (Å²) >= 11 is 0. The molecule has 2 aromatic carbocycles. The molecule has 0 atom stereocenters. The Hall–Kier alpha value is -3.29. The van der Waals surface area contributed by atoms with Gasteiger partial charge in [0.25, 0.3) is 0 Å². The molecule has 0 amide bonds. The highest BCUT2D eigenvalue weighted by Crippen LogP contribution is 2.25. The zero-order chi connectivity index (χ0) is 16.1. The summed E-state index contributed by atoms with van der Waals surface area (Å²) < 4.78 is 5.45. The largest absolute Gasteiger partial charge is 0.485 e. The zero-order valence-electron chi connectivity index (χ0n) is 12.1.